The van der Waals surface area contributed by atoms with Gasteiger partial charge in [0.25, 0.3) is 0 Å². The minimum Gasteiger partial charge on any atom is -0.348 e. The van der Waals surface area contributed by atoms with E-state index < -0.39 is 0 Å². The molecule has 2 rings (SSSR count). The van der Waals surface area contributed by atoms with Crippen LogP contribution in [0.2, 0.25) is 0 Å². The summed E-state index contributed by atoms with van der Waals surface area (Å²) in [5, 5.41) is 7.44. The van der Waals surface area contributed by atoms with Crippen molar-refractivity contribution in [2.45, 2.75) is 58.0 Å². The second-order valence-corrected chi connectivity index (χ2v) is 6.32. The lowest BCUT2D eigenvalue weighted by Gasteiger charge is -2.27. The molecular formula is C14H23N3OS. The zero-order valence-corrected chi connectivity index (χ0v) is 12.6. The van der Waals surface area contributed by atoms with Crippen LogP contribution < -0.4 is 10.6 Å². The van der Waals surface area contributed by atoms with Gasteiger partial charge in [0.1, 0.15) is 5.01 Å². The van der Waals surface area contributed by atoms with Crippen LogP contribution in [0.3, 0.4) is 0 Å². The maximum atomic E-state index is 12.4. The third kappa shape index (κ3) is 3.34. The van der Waals surface area contributed by atoms with Crippen LogP contribution in [0.15, 0.2) is 6.20 Å². The van der Waals surface area contributed by atoms with Crippen LogP contribution in [0.5, 0.6) is 0 Å². The highest BCUT2D eigenvalue weighted by Crippen LogP contribution is 2.25. The van der Waals surface area contributed by atoms with E-state index in [1.165, 1.54) is 4.88 Å². The molecule has 0 aliphatic carbocycles. The van der Waals surface area contributed by atoms with E-state index in [0.29, 0.717) is 6.54 Å². The van der Waals surface area contributed by atoms with Gasteiger partial charge in [0.2, 0.25) is 5.91 Å². The number of rotatable bonds is 6. The normalized spacial score (nSPS) is 22.6. The monoisotopic (exact) mass is 281 g/mol. The van der Waals surface area contributed by atoms with Gasteiger partial charge in [-0.25, -0.2) is 4.98 Å². The fourth-order valence-electron chi connectivity index (χ4n) is 2.67. The fraction of sp³-hybridized carbons (Fsp3) is 0.714. The molecule has 0 spiro atoms. The van der Waals surface area contributed by atoms with Crippen molar-refractivity contribution in [1.82, 2.24) is 15.6 Å². The van der Waals surface area contributed by atoms with Gasteiger partial charge in [0.05, 0.1) is 12.1 Å². The topological polar surface area (TPSA) is 54.0 Å². The molecule has 5 heteroatoms. The summed E-state index contributed by atoms with van der Waals surface area (Å²) in [5.41, 5.74) is -0.334. The van der Waals surface area contributed by atoms with E-state index >= 15 is 0 Å². The van der Waals surface area contributed by atoms with E-state index in [-0.39, 0.29) is 11.4 Å². The lowest BCUT2D eigenvalue weighted by molar-refractivity contribution is -0.127. The number of carbonyl (C=O) groups excluding carboxylic acids is 1. The molecule has 1 saturated heterocycles. The summed E-state index contributed by atoms with van der Waals surface area (Å²) in [7, 11) is 0. The van der Waals surface area contributed by atoms with Gasteiger partial charge in [0.15, 0.2) is 0 Å². The highest BCUT2D eigenvalue weighted by Gasteiger charge is 2.39. The number of thiazole rings is 1. The van der Waals surface area contributed by atoms with Crippen molar-refractivity contribution in [2.75, 3.05) is 6.54 Å². The van der Waals surface area contributed by atoms with Crippen LogP contribution in [0.4, 0.5) is 0 Å². The zero-order chi connectivity index (χ0) is 13.7. The summed E-state index contributed by atoms with van der Waals surface area (Å²) in [6, 6.07) is 0. The van der Waals surface area contributed by atoms with E-state index in [4.69, 9.17) is 0 Å². The highest BCUT2D eigenvalue weighted by molar-refractivity contribution is 7.11. The Kier molecular flexibility index (Phi) is 4.93. The Balaban J connectivity index is 1.92. The summed E-state index contributed by atoms with van der Waals surface area (Å²) in [4.78, 5) is 18.0. The number of aromatic nitrogens is 1. The molecule has 1 amide bonds. The number of hydrogen-bond acceptors (Lipinski definition) is 4. The van der Waals surface area contributed by atoms with Gasteiger partial charge < -0.3 is 10.6 Å². The molecule has 2 N–H and O–H groups in total. The van der Waals surface area contributed by atoms with Gasteiger partial charge >= 0.3 is 0 Å². The van der Waals surface area contributed by atoms with Crippen molar-refractivity contribution in [3.8, 4) is 0 Å². The molecule has 106 valence electrons. The molecule has 19 heavy (non-hydrogen) atoms. The Bertz CT molecular complexity index is 424. The molecular weight excluding hydrogens is 258 g/mol. The van der Waals surface area contributed by atoms with Crippen LogP contribution in [0.25, 0.3) is 0 Å². The van der Waals surface area contributed by atoms with Crippen molar-refractivity contribution in [3.05, 3.63) is 16.1 Å². The maximum absolute atomic E-state index is 12.4. The SMILES string of the molecule is CCCC1(C(=O)NCc2ncc(CC)s2)CCCN1. The molecule has 4 nitrogen and oxygen atoms in total. The lowest BCUT2D eigenvalue weighted by atomic mass is 9.91. The van der Waals surface area contributed by atoms with Crippen LogP contribution in [-0.4, -0.2) is 23.0 Å². The summed E-state index contributed by atoms with van der Waals surface area (Å²) in [5.74, 6) is 0.139. The smallest absolute Gasteiger partial charge is 0.240 e. The number of nitrogens with one attached hydrogen (secondary N) is 2. The number of carbonyl (C=O) groups is 1. The summed E-state index contributed by atoms with van der Waals surface area (Å²) in [6.45, 7) is 5.75. The number of amides is 1. The third-order valence-electron chi connectivity index (χ3n) is 3.71. The second-order valence-electron chi connectivity index (χ2n) is 5.12. The zero-order valence-electron chi connectivity index (χ0n) is 11.8. The van der Waals surface area contributed by atoms with Gasteiger partial charge in [-0.05, 0) is 32.2 Å². The van der Waals surface area contributed by atoms with Crippen molar-refractivity contribution < 1.29 is 4.79 Å². The Morgan fingerprint density at radius 2 is 2.42 bits per heavy atom. The molecule has 0 bridgehead atoms. The van der Waals surface area contributed by atoms with Crippen LogP contribution in [0.1, 0.15) is 49.4 Å². The summed E-state index contributed by atoms with van der Waals surface area (Å²) in [6.07, 6.45) is 6.89. The summed E-state index contributed by atoms with van der Waals surface area (Å²) < 4.78 is 0. The van der Waals surface area contributed by atoms with Crippen LogP contribution in [-0.2, 0) is 17.8 Å². The Morgan fingerprint density at radius 3 is 3.00 bits per heavy atom. The summed E-state index contributed by atoms with van der Waals surface area (Å²) >= 11 is 1.68. The minimum atomic E-state index is -0.334. The fourth-order valence-corrected chi connectivity index (χ4v) is 3.47. The number of nitrogens with zero attached hydrogens (tertiary/aromatic N) is 1. The highest BCUT2D eigenvalue weighted by atomic mass is 32.1. The lowest BCUT2D eigenvalue weighted by Crippen LogP contribution is -2.53. The number of aryl methyl sites for hydroxylation is 1. The first-order chi connectivity index (χ1) is 9.20. The van der Waals surface area contributed by atoms with E-state index in [2.05, 4.69) is 29.5 Å². The third-order valence-corrected chi connectivity index (χ3v) is 4.85. The van der Waals surface area contributed by atoms with Crippen molar-refractivity contribution >= 4 is 17.2 Å². The van der Waals surface area contributed by atoms with E-state index in [0.717, 1.165) is 43.7 Å². The first kappa shape index (κ1) is 14.5. The Hall–Kier alpha value is -0.940. The Morgan fingerprint density at radius 1 is 1.58 bits per heavy atom. The molecule has 1 aliphatic rings. The van der Waals surface area contributed by atoms with Gasteiger partial charge in [-0.15, -0.1) is 11.3 Å². The molecule has 1 fully saturated rings. The largest absolute Gasteiger partial charge is 0.348 e. The average molecular weight is 281 g/mol. The first-order valence-corrected chi connectivity index (χ1v) is 7.98. The van der Waals surface area contributed by atoms with Gasteiger partial charge in [-0.2, -0.15) is 0 Å². The van der Waals surface area contributed by atoms with Crippen molar-refractivity contribution in [2.24, 2.45) is 0 Å². The molecule has 1 aromatic heterocycles. The molecule has 0 radical (unpaired) electrons. The average Bonchev–Trinajstić information content (AvgIpc) is 3.05. The second kappa shape index (κ2) is 6.48. The standard InChI is InChI=1S/C14H23N3OS/c1-3-6-14(7-5-8-17-14)13(18)16-10-12-15-9-11(4-2)19-12/h9,17H,3-8,10H2,1-2H3,(H,16,18). The molecule has 1 aromatic rings. The van der Waals surface area contributed by atoms with E-state index in [9.17, 15) is 4.79 Å². The molecule has 1 atom stereocenters. The van der Waals surface area contributed by atoms with E-state index in [1.807, 2.05) is 6.20 Å². The van der Waals surface area contributed by atoms with Crippen molar-refractivity contribution in [3.63, 3.8) is 0 Å². The Labute approximate surface area is 119 Å². The predicted molar refractivity (Wildman–Crippen MR) is 78.2 cm³/mol. The predicted octanol–water partition coefficient (Wildman–Crippen LogP) is 2.24. The van der Waals surface area contributed by atoms with Crippen LogP contribution in [0, 0.1) is 0 Å². The molecule has 1 aliphatic heterocycles. The van der Waals surface area contributed by atoms with Gasteiger partial charge in [0, 0.05) is 11.1 Å². The maximum Gasteiger partial charge on any atom is 0.240 e. The minimum absolute atomic E-state index is 0.139. The first-order valence-electron chi connectivity index (χ1n) is 7.17. The van der Waals surface area contributed by atoms with Crippen LogP contribution >= 0.6 is 11.3 Å². The molecule has 1 unspecified atom stereocenters. The molecule has 2 heterocycles. The van der Waals surface area contributed by atoms with Gasteiger partial charge in [-0.1, -0.05) is 20.3 Å². The van der Waals surface area contributed by atoms with Gasteiger partial charge in [-0.3, -0.25) is 4.79 Å². The molecule has 0 aromatic carbocycles. The van der Waals surface area contributed by atoms with E-state index in [1.54, 1.807) is 11.3 Å². The van der Waals surface area contributed by atoms with Crippen molar-refractivity contribution in [1.29, 1.82) is 0 Å². The number of hydrogen-bond donors (Lipinski definition) is 2. The molecule has 0 saturated carbocycles. The quantitative estimate of drug-likeness (QED) is 0.841.